The van der Waals surface area contributed by atoms with Gasteiger partial charge in [-0.15, -0.1) is 0 Å². The number of rotatable bonds is 14. The van der Waals surface area contributed by atoms with Crippen LogP contribution in [0.15, 0.2) is 91.0 Å². The first-order chi connectivity index (χ1) is 19.6. The first-order valence-corrected chi connectivity index (χ1v) is 14.9. The van der Waals surface area contributed by atoms with Crippen LogP contribution in [0, 0.1) is 5.82 Å². The molecular weight excluding hydrogens is 495 g/mol. The highest BCUT2D eigenvalue weighted by molar-refractivity contribution is 5.91. The molecule has 0 aliphatic rings. The molecule has 3 heteroatoms. The van der Waals surface area contributed by atoms with Crippen LogP contribution in [-0.2, 0) is 12.8 Å². The molecule has 0 aliphatic carbocycles. The van der Waals surface area contributed by atoms with E-state index in [4.69, 9.17) is 4.74 Å². The Bertz CT molecular complexity index is 1340. The van der Waals surface area contributed by atoms with E-state index in [1.165, 1.54) is 68.6 Å². The Labute approximate surface area is 239 Å². The maximum Gasteiger partial charge on any atom is 0.343 e. The molecule has 0 N–H and O–H groups in total. The second-order valence-corrected chi connectivity index (χ2v) is 10.6. The van der Waals surface area contributed by atoms with Crippen LogP contribution in [0.25, 0.3) is 22.3 Å². The van der Waals surface area contributed by atoms with Crippen molar-refractivity contribution in [1.29, 1.82) is 0 Å². The first-order valence-electron chi connectivity index (χ1n) is 14.9. The zero-order chi connectivity index (χ0) is 28.2. The monoisotopic (exact) mass is 536 g/mol. The number of carbonyl (C=O) groups excluding carboxylic acids is 1. The van der Waals surface area contributed by atoms with Gasteiger partial charge in [-0.1, -0.05) is 119 Å². The van der Waals surface area contributed by atoms with Gasteiger partial charge in [0.2, 0.25) is 0 Å². The standard InChI is InChI=1S/C37H41FO2/c1-3-5-7-9-11-28-13-17-30(18-14-28)31-21-24-34(25-22-31)40-37(39)33-23-26-35(36(38)27-33)32-19-15-29(16-20-32)12-10-8-6-4-2/h13-27H,3-12H2,1-2H3. The molecule has 0 amide bonds. The van der Waals surface area contributed by atoms with Crippen LogP contribution in [0.1, 0.15) is 86.7 Å². The molecule has 0 fully saturated rings. The van der Waals surface area contributed by atoms with E-state index in [0.29, 0.717) is 11.3 Å². The molecule has 0 heterocycles. The second-order valence-electron chi connectivity index (χ2n) is 10.6. The molecule has 2 nitrogen and oxygen atoms in total. The lowest BCUT2D eigenvalue weighted by Gasteiger charge is -2.09. The summed E-state index contributed by atoms with van der Waals surface area (Å²) in [7, 11) is 0. The number of halogens is 1. The van der Waals surface area contributed by atoms with E-state index in [1.807, 2.05) is 24.3 Å². The highest BCUT2D eigenvalue weighted by Gasteiger charge is 2.13. The molecule has 0 unspecified atom stereocenters. The van der Waals surface area contributed by atoms with Gasteiger partial charge in [0.15, 0.2) is 0 Å². The van der Waals surface area contributed by atoms with Crippen molar-refractivity contribution in [1.82, 2.24) is 0 Å². The molecule has 0 aromatic heterocycles. The largest absolute Gasteiger partial charge is 0.423 e. The normalized spacial score (nSPS) is 11.0. The molecule has 4 aromatic rings. The third-order valence-electron chi connectivity index (χ3n) is 7.46. The van der Waals surface area contributed by atoms with Crippen molar-refractivity contribution < 1.29 is 13.9 Å². The van der Waals surface area contributed by atoms with Gasteiger partial charge in [-0.3, -0.25) is 0 Å². The van der Waals surface area contributed by atoms with Gasteiger partial charge >= 0.3 is 5.97 Å². The summed E-state index contributed by atoms with van der Waals surface area (Å²) in [6.07, 6.45) is 12.1. The predicted octanol–water partition coefficient (Wildman–Crippen LogP) is 10.6. The van der Waals surface area contributed by atoms with Crippen molar-refractivity contribution in [2.24, 2.45) is 0 Å². The number of esters is 1. The van der Waals surface area contributed by atoms with Gasteiger partial charge in [0, 0.05) is 5.56 Å². The average molecular weight is 537 g/mol. The van der Waals surface area contributed by atoms with Crippen LogP contribution in [0.4, 0.5) is 4.39 Å². The quantitative estimate of drug-likeness (QED) is 0.0910. The molecule has 0 spiro atoms. The molecule has 40 heavy (non-hydrogen) atoms. The van der Waals surface area contributed by atoms with Crippen LogP contribution in [0.3, 0.4) is 0 Å². The summed E-state index contributed by atoms with van der Waals surface area (Å²) >= 11 is 0. The van der Waals surface area contributed by atoms with Crippen molar-refractivity contribution in [3.63, 3.8) is 0 Å². The number of benzene rings is 4. The van der Waals surface area contributed by atoms with Gasteiger partial charge < -0.3 is 4.74 Å². The number of hydrogen-bond donors (Lipinski definition) is 0. The van der Waals surface area contributed by atoms with Crippen LogP contribution in [-0.4, -0.2) is 5.97 Å². The molecule has 0 bridgehead atoms. The van der Waals surface area contributed by atoms with Crippen LogP contribution >= 0.6 is 0 Å². The Morgan fingerprint density at radius 3 is 1.60 bits per heavy atom. The third-order valence-corrected chi connectivity index (χ3v) is 7.46. The number of unbranched alkanes of at least 4 members (excludes halogenated alkanes) is 6. The second kappa shape index (κ2) is 15.2. The van der Waals surface area contributed by atoms with E-state index in [-0.39, 0.29) is 5.56 Å². The zero-order valence-corrected chi connectivity index (χ0v) is 23.9. The van der Waals surface area contributed by atoms with E-state index in [2.05, 4.69) is 50.2 Å². The Balaban J connectivity index is 1.33. The minimum atomic E-state index is -0.576. The third kappa shape index (κ3) is 8.39. The topological polar surface area (TPSA) is 26.3 Å². The Morgan fingerprint density at radius 2 is 1.10 bits per heavy atom. The molecular formula is C37H41FO2. The SMILES string of the molecule is CCCCCCc1ccc(-c2ccc(OC(=O)c3ccc(-c4ccc(CCCCCC)cc4)c(F)c3)cc2)cc1. The molecule has 0 saturated heterocycles. The highest BCUT2D eigenvalue weighted by atomic mass is 19.1. The fourth-order valence-electron chi connectivity index (χ4n) is 4.98. The number of aryl methyl sites for hydroxylation is 2. The Kier molecular flexibility index (Phi) is 11.1. The van der Waals surface area contributed by atoms with Crippen LogP contribution < -0.4 is 4.74 Å². The fraction of sp³-hybridized carbons (Fsp3) is 0.324. The number of ether oxygens (including phenoxy) is 1. The number of carbonyl (C=O) groups is 1. The van der Waals surface area contributed by atoms with Gasteiger partial charge in [0.05, 0.1) is 5.56 Å². The summed E-state index contributed by atoms with van der Waals surface area (Å²) < 4.78 is 20.5. The van der Waals surface area contributed by atoms with Crippen molar-refractivity contribution in [2.75, 3.05) is 0 Å². The molecule has 0 aliphatic heterocycles. The van der Waals surface area contributed by atoms with Gasteiger partial charge in [0.1, 0.15) is 11.6 Å². The van der Waals surface area contributed by atoms with Crippen molar-refractivity contribution in [3.05, 3.63) is 114 Å². The maximum atomic E-state index is 15.0. The minimum absolute atomic E-state index is 0.187. The lowest BCUT2D eigenvalue weighted by Crippen LogP contribution is -2.09. The predicted molar refractivity (Wildman–Crippen MR) is 164 cm³/mol. The summed E-state index contributed by atoms with van der Waals surface area (Å²) in [6, 6.07) is 28.7. The van der Waals surface area contributed by atoms with E-state index >= 15 is 0 Å². The highest BCUT2D eigenvalue weighted by Crippen LogP contribution is 2.27. The molecule has 0 atom stereocenters. The molecule has 0 saturated carbocycles. The molecule has 4 aromatic carbocycles. The maximum absolute atomic E-state index is 15.0. The molecule has 4 rings (SSSR count). The summed E-state index contributed by atoms with van der Waals surface area (Å²) in [6.45, 7) is 4.44. The van der Waals surface area contributed by atoms with Crippen LogP contribution in [0.2, 0.25) is 0 Å². The lowest BCUT2D eigenvalue weighted by atomic mass is 9.99. The van der Waals surface area contributed by atoms with Crippen molar-refractivity contribution >= 4 is 5.97 Å². The van der Waals surface area contributed by atoms with E-state index in [1.54, 1.807) is 24.3 Å². The summed E-state index contributed by atoms with van der Waals surface area (Å²) in [5.74, 6) is -0.581. The summed E-state index contributed by atoms with van der Waals surface area (Å²) in [4.78, 5) is 12.7. The van der Waals surface area contributed by atoms with Gasteiger partial charge in [0.25, 0.3) is 0 Å². The van der Waals surface area contributed by atoms with Gasteiger partial charge in [-0.05, 0) is 77.8 Å². The van der Waals surface area contributed by atoms with E-state index in [9.17, 15) is 9.18 Å². The number of hydrogen-bond acceptors (Lipinski definition) is 2. The average Bonchev–Trinajstić information content (AvgIpc) is 2.99. The molecule has 208 valence electrons. The smallest absolute Gasteiger partial charge is 0.343 e. The first kappa shape index (κ1) is 29.3. The zero-order valence-electron chi connectivity index (χ0n) is 23.9. The summed E-state index contributed by atoms with van der Waals surface area (Å²) in [5, 5.41) is 0. The summed E-state index contributed by atoms with van der Waals surface area (Å²) in [5.41, 5.74) is 6.27. The van der Waals surface area contributed by atoms with E-state index < -0.39 is 11.8 Å². The Morgan fingerprint density at radius 1 is 0.600 bits per heavy atom. The van der Waals surface area contributed by atoms with Gasteiger partial charge in [-0.2, -0.15) is 0 Å². The molecule has 0 radical (unpaired) electrons. The fourth-order valence-corrected chi connectivity index (χ4v) is 4.98. The van der Waals surface area contributed by atoms with Crippen molar-refractivity contribution in [3.8, 4) is 28.0 Å². The van der Waals surface area contributed by atoms with Gasteiger partial charge in [-0.25, -0.2) is 9.18 Å². The minimum Gasteiger partial charge on any atom is -0.423 e. The van der Waals surface area contributed by atoms with Crippen molar-refractivity contribution in [2.45, 2.75) is 78.1 Å². The lowest BCUT2D eigenvalue weighted by molar-refractivity contribution is 0.0734. The van der Waals surface area contributed by atoms with E-state index in [0.717, 1.165) is 29.5 Å². The van der Waals surface area contributed by atoms with Crippen LogP contribution in [0.5, 0.6) is 5.75 Å². The Hall–Kier alpha value is -3.72.